The van der Waals surface area contributed by atoms with E-state index in [4.69, 9.17) is 0 Å². The molecular weight excluding hydrogens is 376 g/mol. The number of carbonyl (C=O) groups excluding carboxylic acids is 1. The molecule has 2 aromatic carbocycles. The van der Waals surface area contributed by atoms with Crippen molar-refractivity contribution in [3.05, 3.63) is 65.2 Å². The fourth-order valence-electron chi connectivity index (χ4n) is 5.26. The van der Waals surface area contributed by atoms with E-state index in [-0.39, 0.29) is 5.91 Å². The predicted octanol–water partition coefficient (Wildman–Crippen LogP) is 5.09. The van der Waals surface area contributed by atoms with Crippen LogP contribution in [0.2, 0.25) is 0 Å². The molecule has 0 N–H and O–H groups in total. The quantitative estimate of drug-likeness (QED) is 0.661. The summed E-state index contributed by atoms with van der Waals surface area (Å²) >= 11 is 1.93. The number of benzene rings is 2. The van der Waals surface area contributed by atoms with Crippen molar-refractivity contribution < 1.29 is 4.79 Å². The lowest BCUT2D eigenvalue weighted by Gasteiger charge is -2.38. The van der Waals surface area contributed by atoms with E-state index in [0.717, 1.165) is 25.1 Å². The molecule has 2 fully saturated rings. The normalized spacial score (nSPS) is 23.1. The van der Waals surface area contributed by atoms with Gasteiger partial charge >= 0.3 is 0 Å². The molecule has 0 aromatic heterocycles. The van der Waals surface area contributed by atoms with Crippen LogP contribution in [0, 0.1) is 5.41 Å². The molecule has 1 saturated heterocycles. The van der Waals surface area contributed by atoms with Crippen LogP contribution in [0.5, 0.6) is 0 Å². The van der Waals surface area contributed by atoms with Gasteiger partial charge in [0.25, 0.3) is 0 Å². The van der Waals surface area contributed by atoms with Crippen LogP contribution < -0.4 is 0 Å². The van der Waals surface area contributed by atoms with Crippen LogP contribution in [0.25, 0.3) is 0 Å². The Morgan fingerprint density at radius 3 is 2.69 bits per heavy atom. The number of hydrogen-bond acceptors (Lipinski definition) is 3. The minimum absolute atomic E-state index is 0.236. The molecule has 2 aromatic rings. The van der Waals surface area contributed by atoms with Crippen LogP contribution in [-0.4, -0.2) is 34.2 Å². The summed E-state index contributed by atoms with van der Waals surface area (Å²) in [6.45, 7) is 5.19. The molecule has 29 heavy (non-hydrogen) atoms. The molecule has 1 unspecified atom stereocenters. The first-order chi connectivity index (χ1) is 14.1. The first kappa shape index (κ1) is 19.2. The topological polar surface area (TPSA) is 23.6 Å². The van der Waals surface area contributed by atoms with Crippen molar-refractivity contribution in [1.82, 2.24) is 9.21 Å². The lowest BCUT2D eigenvalue weighted by atomic mass is 9.68. The molecular formula is C25H30N2OS. The molecule has 1 amide bonds. The smallest absolute Gasteiger partial charge is 0.227 e. The van der Waals surface area contributed by atoms with E-state index in [1.54, 1.807) is 0 Å². The van der Waals surface area contributed by atoms with Crippen LogP contribution in [0.1, 0.15) is 49.3 Å². The van der Waals surface area contributed by atoms with Crippen molar-refractivity contribution in [1.29, 1.82) is 0 Å². The van der Waals surface area contributed by atoms with Crippen molar-refractivity contribution in [2.45, 2.75) is 62.9 Å². The average molecular weight is 407 g/mol. The maximum atomic E-state index is 12.8. The Kier molecular flexibility index (Phi) is 5.17. The second kappa shape index (κ2) is 7.81. The largest absolute Gasteiger partial charge is 0.338 e. The highest BCUT2D eigenvalue weighted by atomic mass is 32.2. The molecule has 0 bridgehead atoms. The van der Waals surface area contributed by atoms with Gasteiger partial charge in [-0.3, -0.25) is 4.79 Å². The van der Waals surface area contributed by atoms with Crippen LogP contribution in [0.3, 0.4) is 0 Å². The maximum absolute atomic E-state index is 12.8. The lowest BCUT2D eigenvalue weighted by Crippen LogP contribution is -2.37. The Hall–Kier alpha value is -1.78. The van der Waals surface area contributed by atoms with Crippen molar-refractivity contribution in [3.8, 4) is 0 Å². The van der Waals surface area contributed by atoms with Crippen molar-refractivity contribution in [2.24, 2.45) is 5.41 Å². The maximum Gasteiger partial charge on any atom is 0.227 e. The zero-order valence-corrected chi connectivity index (χ0v) is 18.1. The zero-order valence-electron chi connectivity index (χ0n) is 17.3. The molecule has 1 spiro atoms. The molecule has 5 rings (SSSR count). The van der Waals surface area contributed by atoms with Gasteiger partial charge in [-0.05, 0) is 78.8 Å². The average Bonchev–Trinajstić information content (AvgIpc) is 3.05. The fourth-order valence-corrected chi connectivity index (χ4v) is 6.45. The van der Waals surface area contributed by atoms with Gasteiger partial charge in [-0.1, -0.05) is 42.8 Å². The summed E-state index contributed by atoms with van der Waals surface area (Å²) in [6.07, 6.45) is 7.06. The number of fused-ring (bicyclic) bond motifs is 1. The second-order valence-electron chi connectivity index (χ2n) is 9.23. The van der Waals surface area contributed by atoms with Gasteiger partial charge in [0.2, 0.25) is 5.91 Å². The summed E-state index contributed by atoms with van der Waals surface area (Å²) < 4.78 is 2.60. The Labute approximate surface area is 178 Å². The number of hydrogen-bond donors (Lipinski definition) is 0. The van der Waals surface area contributed by atoms with Crippen LogP contribution in [-0.2, 0) is 24.2 Å². The fraction of sp³-hybridized carbons (Fsp3) is 0.480. The van der Waals surface area contributed by atoms with Gasteiger partial charge in [0.05, 0.1) is 6.42 Å². The summed E-state index contributed by atoms with van der Waals surface area (Å²) in [4.78, 5) is 16.2. The zero-order chi connectivity index (χ0) is 19.8. The number of carbonyl (C=O) groups is 1. The minimum Gasteiger partial charge on any atom is -0.338 e. The van der Waals surface area contributed by atoms with Crippen LogP contribution in [0.15, 0.2) is 53.4 Å². The minimum atomic E-state index is 0.236. The molecule has 152 valence electrons. The highest BCUT2D eigenvalue weighted by molar-refractivity contribution is 7.97. The summed E-state index contributed by atoms with van der Waals surface area (Å²) in [6, 6.07) is 17.6. The second-order valence-corrected chi connectivity index (χ2v) is 10.4. The van der Waals surface area contributed by atoms with E-state index < -0.39 is 0 Å². The van der Waals surface area contributed by atoms with E-state index in [1.807, 2.05) is 47.2 Å². The standard InChI is InChI=1S/C25H30N2OS/c1-19-16-25(11-5-12-25)18-27(19)29-23-9-8-21-10-13-26(17-22(21)15-23)24(28)14-20-6-3-2-4-7-20/h2-4,6-9,15,19H,5,10-14,16-18H2,1H3. The van der Waals surface area contributed by atoms with Gasteiger partial charge in [0.1, 0.15) is 0 Å². The summed E-state index contributed by atoms with van der Waals surface area (Å²) in [5, 5.41) is 0. The van der Waals surface area contributed by atoms with Crippen LogP contribution in [0.4, 0.5) is 0 Å². The number of rotatable bonds is 4. The first-order valence-corrected chi connectivity index (χ1v) is 11.8. The Morgan fingerprint density at radius 2 is 1.97 bits per heavy atom. The molecule has 0 radical (unpaired) electrons. The third-order valence-electron chi connectivity index (χ3n) is 7.09. The van der Waals surface area contributed by atoms with E-state index in [0.29, 0.717) is 17.9 Å². The third-order valence-corrected chi connectivity index (χ3v) is 8.28. The van der Waals surface area contributed by atoms with E-state index >= 15 is 0 Å². The highest BCUT2D eigenvalue weighted by Crippen LogP contribution is 2.52. The molecule has 1 aliphatic carbocycles. The first-order valence-electron chi connectivity index (χ1n) is 11.0. The SMILES string of the molecule is CC1CC2(CCC2)CN1Sc1ccc2c(c1)CN(C(=O)Cc1ccccc1)CC2. The van der Waals surface area contributed by atoms with Gasteiger partial charge < -0.3 is 4.90 Å². The molecule has 1 saturated carbocycles. The summed E-state index contributed by atoms with van der Waals surface area (Å²) in [5.74, 6) is 0.236. The van der Waals surface area contributed by atoms with E-state index in [2.05, 4.69) is 29.4 Å². The highest BCUT2D eigenvalue weighted by Gasteiger charge is 2.46. The van der Waals surface area contributed by atoms with Gasteiger partial charge in [0, 0.05) is 30.6 Å². The van der Waals surface area contributed by atoms with Gasteiger partial charge in [0.15, 0.2) is 0 Å². The number of amides is 1. The van der Waals surface area contributed by atoms with Crippen LogP contribution >= 0.6 is 11.9 Å². The Bertz CT molecular complexity index is 893. The van der Waals surface area contributed by atoms with Gasteiger partial charge in [-0.15, -0.1) is 0 Å². The molecule has 2 aliphatic heterocycles. The monoisotopic (exact) mass is 406 g/mol. The number of nitrogens with zero attached hydrogens (tertiary/aromatic N) is 2. The molecule has 2 heterocycles. The van der Waals surface area contributed by atoms with E-state index in [1.165, 1.54) is 48.3 Å². The Morgan fingerprint density at radius 1 is 1.14 bits per heavy atom. The predicted molar refractivity (Wildman–Crippen MR) is 119 cm³/mol. The molecule has 3 aliphatic rings. The molecule has 1 atom stereocenters. The summed E-state index contributed by atoms with van der Waals surface area (Å²) in [5.41, 5.74) is 4.44. The van der Waals surface area contributed by atoms with Gasteiger partial charge in [-0.25, -0.2) is 4.31 Å². The molecule has 4 heteroatoms. The molecule has 3 nitrogen and oxygen atoms in total. The Balaban J connectivity index is 1.25. The van der Waals surface area contributed by atoms with Gasteiger partial charge in [-0.2, -0.15) is 0 Å². The van der Waals surface area contributed by atoms with Crippen molar-refractivity contribution in [3.63, 3.8) is 0 Å². The van der Waals surface area contributed by atoms with Crippen molar-refractivity contribution in [2.75, 3.05) is 13.1 Å². The van der Waals surface area contributed by atoms with E-state index in [9.17, 15) is 4.79 Å². The van der Waals surface area contributed by atoms with Crippen molar-refractivity contribution >= 4 is 17.9 Å². The lowest BCUT2D eigenvalue weighted by molar-refractivity contribution is -0.131. The third kappa shape index (κ3) is 3.97. The summed E-state index contributed by atoms with van der Waals surface area (Å²) in [7, 11) is 0.